The zero-order valence-electron chi connectivity index (χ0n) is 11.6. The van der Waals surface area contributed by atoms with Crippen LogP contribution in [0.15, 0.2) is 30.3 Å². The van der Waals surface area contributed by atoms with Crippen LogP contribution in [0.1, 0.15) is 24.3 Å². The van der Waals surface area contributed by atoms with Crippen LogP contribution in [0.2, 0.25) is 0 Å². The molecule has 1 heterocycles. The van der Waals surface area contributed by atoms with Gasteiger partial charge in [-0.25, -0.2) is 0 Å². The highest BCUT2D eigenvalue weighted by Crippen LogP contribution is 2.34. The summed E-state index contributed by atoms with van der Waals surface area (Å²) in [5, 5.41) is 0. The van der Waals surface area contributed by atoms with Gasteiger partial charge in [0.1, 0.15) is 0 Å². The summed E-state index contributed by atoms with van der Waals surface area (Å²) in [7, 11) is 0. The van der Waals surface area contributed by atoms with Crippen molar-refractivity contribution >= 4 is 5.91 Å². The van der Waals surface area contributed by atoms with E-state index < -0.39 is 18.0 Å². The maximum absolute atomic E-state index is 12.6. The molecule has 21 heavy (non-hydrogen) atoms. The van der Waals surface area contributed by atoms with Crippen LogP contribution in [0, 0.1) is 5.92 Å². The smallest absolute Gasteiger partial charge is 0.342 e. The summed E-state index contributed by atoms with van der Waals surface area (Å²) in [6, 6.07) is 9.12. The van der Waals surface area contributed by atoms with Crippen LogP contribution in [-0.2, 0) is 4.79 Å². The molecular formula is C15H19F3N2O. The first-order valence-electron chi connectivity index (χ1n) is 7.04. The fourth-order valence-electron chi connectivity index (χ4n) is 2.71. The van der Waals surface area contributed by atoms with Gasteiger partial charge >= 0.3 is 6.18 Å². The van der Waals surface area contributed by atoms with E-state index in [0.29, 0.717) is 0 Å². The number of hydrogen-bond donors (Lipinski definition) is 1. The highest BCUT2D eigenvalue weighted by molar-refractivity contribution is 5.84. The Bertz CT molecular complexity index is 468. The minimum Gasteiger partial charge on any atom is -0.342 e. The van der Waals surface area contributed by atoms with Crippen LogP contribution in [-0.4, -0.2) is 36.6 Å². The number of piperidine rings is 1. The van der Waals surface area contributed by atoms with Crippen molar-refractivity contribution in [2.45, 2.75) is 24.9 Å². The zero-order chi connectivity index (χ0) is 15.5. The van der Waals surface area contributed by atoms with Crippen molar-refractivity contribution in [2.75, 3.05) is 19.6 Å². The molecule has 3 nitrogen and oxygen atoms in total. The average Bonchev–Trinajstić information content (AvgIpc) is 2.48. The number of amides is 1. The molecule has 2 N–H and O–H groups in total. The Labute approximate surface area is 121 Å². The van der Waals surface area contributed by atoms with E-state index in [2.05, 4.69) is 0 Å². The van der Waals surface area contributed by atoms with Crippen molar-refractivity contribution in [1.29, 1.82) is 0 Å². The highest BCUT2D eigenvalue weighted by atomic mass is 19.4. The van der Waals surface area contributed by atoms with Gasteiger partial charge in [0.25, 0.3) is 0 Å². The first kappa shape index (κ1) is 15.8. The number of nitrogens with zero attached hydrogens (tertiary/aromatic N) is 1. The Balaban J connectivity index is 2.01. The van der Waals surface area contributed by atoms with E-state index in [1.807, 2.05) is 30.3 Å². The van der Waals surface area contributed by atoms with Gasteiger partial charge < -0.3 is 10.6 Å². The first-order valence-corrected chi connectivity index (χ1v) is 7.04. The molecule has 0 saturated carbocycles. The predicted octanol–water partition coefficient (Wildman–Crippen LogP) is 2.53. The largest absolute Gasteiger partial charge is 0.391 e. The van der Waals surface area contributed by atoms with Crippen LogP contribution in [0.25, 0.3) is 0 Å². The maximum Gasteiger partial charge on any atom is 0.391 e. The van der Waals surface area contributed by atoms with Gasteiger partial charge in [-0.15, -0.1) is 0 Å². The monoisotopic (exact) mass is 300 g/mol. The molecular weight excluding hydrogens is 281 g/mol. The molecule has 1 unspecified atom stereocenters. The fourth-order valence-corrected chi connectivity index (χ4v) is 2.71. The van der Waals surface area contributed by atoms with Crippen LogP contribution >= 0.6 is 0 Å². The highest BCUT2D eigenvalue weighted by Gasteiger charge is 2.42. The van der Waals surface area contributed by atoms with Crippen molar-refractivity contribution in [3.05, 3.63) is 35.9 Å². The van der Waals surface area contributed by atoms with Crippen LogP contribution < -0.4 is 5.73 Å². The molecule has 116 valence electrons. The first-order chi connectivity index (χ1) is 9.93. The van der Waals surface area contributed by atoms with E-state index >= 15 is 0 Å². The molecule has 2 rings (SSSR count). The van der Waals surface area contributed by atoms with Gasteiger partial charge in [0, 0.05) is 19.6 Å². The molecule has 0 radical (unpaired) electrons. The number of carbonyl (C=O) groups excluding carboxylic acids is 1. The van der Waals surface area contributed by atoms with Gasteiger partial charge in [-0.2, -0.15) is 13.2 Å². The molecule has 1 aromatic carbocycles. The fraction of sp³-hybridized carbons (Fsp3) is 0.533. The molecule has 0 bridgehead atoms. The van der Waals surface area contributed by atoms with E-state index in [4.69, 9.17) is 5.73 Å². The van der Waals surface area contributed by atoms with Crippen LogP contribution in [0.5, 0.6) is 0 Å². The van der Waals surface area contributed by atoms with Crippen molar-refractivity contribution in [3.8, 4) is 0 Å². The van der Waals surface area contributed by atoms with Crippen LogP contribution in [0.3, 0.4) is 0 Å². The number of carbonyl (C=O) groups is 1. The van der Waals surface area contributed by atoms with E-state index in [-0.39, 0.29) is 38.4 Å². The van der Waals surface area contributed by atoms with Gasteiger partial charge in [0.2, 0.25) is 5.91 Å². The number of benzene rings is 1. The molecule has 0 aliphatic carbocycles. The summed E-state index contributed by atoms with van der Waals surface area (Å²) < 4.78 is 37.9. The minimum atomic E-state index is -4.16. The Morgan fingerprint density at radius 2 is 1.81 bits per heavy atom. The summed E-state index contributed by atoms with van der Waals surface area (Å²) in [6.45, 7) is 0.445. The molecule has 1 atom stereocenters. The molecule has 1 aromatic rings. The molecule has 0 spiro atoms. The summed E-state index contributed by atoms with van der Waals surface area (Å²) >= 11 is 0. The second kappa shape index (κ2) is 6.47. The van der Waals surface area contributed by atoms with Gasteiger partial charge in [0.15, 0.2) is 0 Å². The number of hydrogen-bond acceptors (Lipinski definition) is 2. The quantitative estimate of drug-likeness (QED) is 0.932. The molecule has 1 amide bonds. The molecule has 1 fully saturated rings. The third kappa shape index (κ3) is 3.75. The third-order valence-corrected chi connectivity index (χ3v) is 4.01. The molecule has 0 aromatic heterocycles. The normalized spacial score (nSPS) is 18.6. The zero-order valence-corrected chi connectivity index (χ0v) is 11.6. The van der Waals surface area contributed by atoms with Crippen molar-refractivity contribution in [1.82, 2.24) is 4.90 Å². The van der Waals surface area contributed by atoms with Gasteiger partial charge in [-0.3, -0.25) is 4.79 Å². The standard InChI is InChI=1S/C15H19F3N2O/c16-15(17,18)12-6-8-20(9-7-12)14(21)13(10-19)11-4-2-1-3-5-11/h1-5,12-13H,6-10,19H2. The summed E-state index contributed by atoms with van der Waals surface area (Å²) in [4.78, 5) is 14.0. The van der Waals surface area contributed by atoms with E-state index in [1.165, 1.54) is 4.90 Å². The summed E-state index contributed by atoms with van der Waals surface area (Å²) in [6.07, 6.45) is -4.22. The van der Waals surface area contributed by atoms with E-state index in [1.54, 1.807) is 0 Å². The lowest BCUT2D eigenvalue weighted by Crippen LogP contribution is -2.45. The number of nitrogens with two attached hydrogens (primary N) is 1. The van der Waals surface area contributed by atoms with Crippen molar-refractivity contribution in [2.24, 2.45) is 11.7 Å². The minimum absolute atomic E-state index is 0.0265. The average molecular weight is 300 g/mol. The Kier molecular flexibility index (Phi) is 4.88. The number of alkyl halides is 3. The van der Waals surface area contributed by atoms with Gasteiger partial charge in [-0.1, -0.05) is 30.3 Å². The lowest BCUT2D eigenvalue weighted by Gasteiger charge is -2.34. The van der Waals surface area contributed by atoms with Gasteiger partial charge in [0.05, 0.1) is 11.8 Å². The van der Waals surface area contributed by atoms with Crippen LogP contribution in [0.4, 0.5) is 13.2 Å². The number of likely N-dealkylation sites (tertiary alicyclic amines) is 1. The number of rotatable bonds is 3. The second-order valence-electron chi connectivity index (χ2n) is 5.34. The molecule has 1 saturated heterocycles. The van der Waals surface area contributed by atoms with Crippen molar-refractivity contribution < 1.29 is 18.0 Å². The summed E-state index contributed by atoms with van der Waals surface area (Å²) in [5.41, 5.74) is 6.49. The Morgan fingerprint density at radius 3 is 2.29 bits per heavy atom. The SMILES string of the molecule is NCC(C(=O)N1CCC(C(F)(F)F)CC1)c1ccccc1. The maximum atomic E-state index is 12.6. The second-order valence-corrected chi connectivity index (χ2v) is 5.34. The number of halogens is 3. The van der Waals surface area contributed by atoms with E-state index in [0.717, 1.165) is 5.56 Å². The molecule has 1 aliphatic heterocycles. The third-order valence-electron chi connectivity index (χ3n) is 4.01. The van der Waals surface area contributed by atoms with Crippen molar-refractivity contribution in [3.63, 3.8) is 0 Å². The molecule has 6 heteroatoms. The Morgan fingerprint density at radius 1 is 1.24 bits per heavy atom. The predicted molar refractivity (Wildman–Crippen MR) is 73.6 cm³/mol. The Hall–Kier alpha value is -1.56. The van der Waals surface area contributed by atoms with Gasteiger partial charge in [-0.05, 0) is 18.4 Å². The van der Waals surface area contributed by atoms with E-state index in [9.17, 15) is 18.0 Å². The molecule has 1 aliphatic rings. The summed E-state index contributed by atoms with van der Waals surface area (Å²) in [5.74, 6) is -1.95. The topological polar surface area (TPSA) is 46.3 Å². The lowest BCUT2D eigenvalue weighted by atomic mass is 9.93. The lowest BCUT2D eigenvalue weighted by molar-refractivity contribution is -0.186.